The zero-order valence-electron chi connectivity index (χ0n) is 14.3. The first kappa shape index (κ1) is 22.6. The van der Waals surface area contributed by atoms with Crippen LogP contribution in [0.2, 0.25) is 0 Å². The summed E-state index contributed by atoms with van der Waals surface area (Å²) >= 11 is 0. The summed E-state index contributed by atoms with van der Waals surface area (Å²) < 4.78 is 35.5. The Bertz CT molecular complexity index is 806. The quantitative estimate of drug-likeness (QED) is 0.167. The lowest BCUT2D eigenvalue weighted by Gasteiger charge is -2.38. The molecular weight excluding hydrogens is 444 g/mol. The van der Waals surface area contributed by atoms with E-state index in [0.29, 0.717) is 0 Å². The Morgan fingerprint density at radius 1 is 1.31 bits per heavy atom. The summed E-state index contributed by atoms with van der Waals surface area (Å²) in [7, 11) is -10.6. The Hall–Kier alpha value is -1.04. The Kier molecular flexibility index (Phi) is 5.92. The van der Waals surface area contributed by atoms with E-state index in [0.717, 1.165) is 4.90 Å². The molecule has 0 bridgehead atoms. The number of fused-ring (bicyclic) bond motifs is 1. The number of carbonyl (C=O) groups excluding carboxylic acids is 1. The molecule has 0 aromatic heterocycles. The normalized spacial score (nSPS) is 40.3. The summed E-state index contributed by atoms with van der Waals surface area (Å²) in [6.07, 6.45) is -6.35. The van der Waals surface area contributed by atoms with Crippen LogP contribution in [0.15, 0.2) is 4.99 Å². The summed E-state index contributed by atoms with van der Waals surface area (Å²) in [5.74, 6) is -3.36. The molecule has 0 aromatic carbocycles. The molecule has 2 saturated heterocycles. The second-order valence-corrected chi connectivity index (χ2v) is 9.15. The molecule has 0 aromatic rings. The number of hydrogen-bond acceptors (Lipinski definition) is 13. The van der Waals surface area contributed by atoms with Gasteiger partial charge in [0.05, 0.1) is 13.3 Å². The summed E-state index contributed by atoms with van der Waals surface area (Å²) in [5.41, 5.74) is 5.46. The maximum Gasteiger partial charge on any atom is 0.481 e. The van der Waals surface area contributed by atoms with Crippen LogP contribution in [-0.2, 0) is 27.5 Å². The summed E-state index contributed by atoms with van der Waals surface area (Å²) in [4.78, 5) is 43.1. The standard InChI is InChI=1S/C10H19N5O12P2/c11-9-13-7(18)6-10(19,14-9)15(2-12-6)8-5(17)4(16)3(26-8)1-25-29(23,24)27-28(20,21)22/h3-6,8,12,16-17,19H,1-2H2,(H,23,24)(H2,20,21,22)(H3,11,13,14,18)/t3-,4-,5-,6?,8-,10+/m1/s1. The number of phosphoric acid groups is 2. The van der Waals surface area contributed by atoms with Crippen molar-refractivity contribution < 1.29 is 57.5 Å². The van der Waals surface area contributed by atoms with Gasteiger partial charge in [-0.25, -0.2) is 19.0 Å². The van der Waals surface area contributed by atoms with Crippen LogP contribution in [0, 0.1) is 0 Å². The van der Waals surface area contributed by atoms with Gasteiger partial charge in [-0.15, -0.1) is 0 Å². The highest BCUT2D eigenvalue weighted by atomic mass is 31.3. The van der Waals surface area contributed by atoms with Crippen LogP contribution in [0.1, 0.15) is 0 Å². The first-order valence-corrected chi connectivity index (χ1v) is 10.9. The van der Waals surface area contributed by atoms with Crippen molar-refractivity contribution in [3.63, 3.8) is 0 Å². The number of aliphatic imine (C=N–C) groups is 1. The minimum Gasteiger partial charge on any atom is -0.387 e. The molecule has 3 aliphatic rings. The Morgan fingerprint density at radius 2 is 1.97 bits per heavy atom. The summed E-state index contributed by atoms with van der Waals surface area (Å²) in [5, 5.41) is 36.0. The molecule has 1 amide bonds. The van der Waals surface area contributed by atoms with Gasteiger partial charge in [-0.1, -0.05) is 0 Å². The number of aliphatic hydroxyl groups excluding tert-OH is 2. The molecule has 0 saturated carbocycles. The highest BCUT2D eigenvalue weighted by molar-refractivity contribution is 7.60. The number of guanidine groups is 1. The SMILES string of the molecule is NC1=N[C@@]2(O)C(NCN2[C@@H]2O[C@H](COP(=O)(O)OP(=O)(O)O)[C@@H](O)[C@H]2O)C(=O)N1. The number of ether oxygens (including phenoxy) is 1. The van der Waals surface area contributed by atoms with Crippen LogP contribution in [0.3, 0.4) is 0 Å². The maximum atomic E-state index is 12.0. The molecule has 0 spiro atoms. The first-order chi connectivity index (χ1) is 13.2. The van der Waals surface area contributed by atoms with Crippen molar-refractivity contribution in [2.75, 3.05) is 13.3 Å². The molecule has 7 atom stereocenters. The number of hydrogen-bond donors (Lipinski definition) is 9. The second kappa shape index (κ2) is 7.58. The number of nitrogens with one attached hydrogen (secondary N) is 2. The average molecular weight is 463 g/mol. The molecule has 10 N–H and O–H groups in total. The van der Waals surface area contributed by atoms with Crippen molar-refractivity contribution in [1.29, 1.82) is 0 Å². The highest BCUT2D eigenvalue weighted by Crippen LogP contribution is 2.57. The Balaban J connectivity index is 1.72. The molecule has 29 heavy (non-hydrogen) atoms. The molecule has 0 radical (unpaired) electrons. The topological polar surface area (TPSA) is 266 Å². The zero-order valence-corrected chi connectivity index (χ0v) is 16.1. The number of aliphatic hydroxyl groups is 3. The van der Waals surface area contributed by atoms with E-state index in [2.05, 4.69) is 24.5 Å². The predicted molar refractivity (Wildman–Crippen MR) is 87.9 cm³/mol. The van der Waals surface area contributed by atoms with E-state index in [-0.39, 0.29) is 6.67 Å². The van der Waals surface area contributed by atoms with E-state index in [1.807, 2.05) is 0 Å². The van der Waals surface area contributed by atoms with Crippen molar-refractivity contribution in [2.45, 2.75) is 36.4 Å². The third-order valence-corrected chi connectivity index (χ3v) is 6.48. The van der Waals surface area contributed by atoms with Gasteiger partial charge >= 0.3 is 15.6 Å². The summed E-state index contributed by atoms with van der Waals surface area (Å²) in [6, 6.07) is -1.27. The minimum atomic E-state index is -5.35. The lowest BCUT2D eigenvalue weighted by molar-refractivity contribution is -0.191. The van der Waals surface area contributed by atoms with E-state index in [1.54, 1.807) is 0 Å². The third kappa shape index (κ3) is 4.52. The molecular formula is C10H19N5O12P2. The highest BCUT2D eigenvalue weighted by Gasteiger charge is 2.60. The number of phosphoric ester groups is 1. The van der Waals surface area contributed by atoms with Crippen LogP contribution in [0.5, 0.6) is 0 Å². The molecule has 3 aliphatic heterocycles. The molecule has 166 valence electrons. The monoisotopic (exact) mass is 463 g/mol. The number of carbonyl (C=O) groups is 1. The molecule has 2 unspecified atom stereocenters. The fourth-order valence-corrected chi connectivity index (χ4v) is 4.74. The van der Waals surface area contributed by atoms with Crippen molar-refractivity contribution >= 4 is 27.5 Å². The van der Waals surface area contributed by atoms with Gasteiger partial charge in [0.1, 0.15) is 24.5 Å². The number of rotatable bonds is 6. The largest absolute Gasteiger partial charge is 0.481 e. The van der Waals surface area contributed by atoms with Gasteiger partial charge in [0, 0.05) is 0 Å². The fraction of sp³-hybridized carbons (Fsp3) is 0.800. The number of nitrogens with zero attached hydrogens (tertiary/aromatic N) is 2. The number of nitrogens with two attached hydrogens (primary N) is 1. The van der Waals surface area contributed by atoms with Crippen LogP contribution in [0.25, 0.3) is 0 Å². The van der Waals surface area contributed by atoms with Gasteiger partial charge in [0.15, 0.2) is 12.0 Å². The van der Waals surface area contributed by atoms with Gasteiger partial charge in [0.2, 0.25) is 11.8 Å². The fourth-order valence-electron chi connectivity index (χ4n) is 3.14. The van der Waals surface area contributed by atoms with E-state index >= 15 is 0 Å². The average Bonchev–Trinajstić information content (AvgIpc) is 3.01. The molecule has 3 heterocycles. The lowest BCUT2D eigenvalue weighted by Crippen LogP contribution is -2.65. The number of amides is 1. The van der Waals surface area contributed by atoms with Crippen molar-refractivity contribution in [1.82, 2.24) is 15.5 Å². The zero-order chi connectivity index (χ0) is 21.8. The van der Waals surface area contributed by atoms with Gasteiger partial charge in [0.25, 0.3) is 0 Å². The van der Waals surface area contributed by atoms with E-state index < -0.39 is 70.5 Å². The molecule has 19 heteroatoms. The van der Waals surface area contributed by atoms with Crippen LogP contribution >= 0.6 is 15.6 Å². The van der Waals surface area contributed by atoms with Crippen LogP contribution < -0.4 is 16.4 Å². The molecule has 17 nitrogen and oxygen atoms in total. The van der Waals surface area contributed by atoms with Crippen LogP contribution in [0.4, 0.5) is 0 Å². The second-order valence-electron chi connectivity index (χ2n) is 6.32. The van der Waals surface area contributed by atoms with E-state index in [9.17, 15) is 34.1 Å². The Morgan fingerprint density at radius 3 is 2.59 bits per heavy atom. The lowest BCUT2D eigenvalue weighted by atomic mass is 10.1. The predicted octanol–water partition coefficient (Wildman–Crippen LogP) is -5.02. The summed E-state index contributed by atoms with van der Waals surface area (Å²) in [6.45, 7) is -1.15. The maximum absolute atomic E-state index is 12.0. The third-order valence-electron chi connectivity index (χ3n) is 4.33. The first-order valence-electron chi connectivity index (χ1n) is 7.88. The molecule has 2 fully saturated rings. The Labute approximate surface area is 161 Å². The van der Waals surface area contributed by atoms with Crippen molar-refractivity contribution in [2.24, 2.45) is 10.7 Å². The molecule has 3 rings (SSSR count). The molecule has 0 aliphatic carbocycles. The minimum absolute atomic E-state index is 0.229. The van der Waals surface area contributed by atoms with Gasteiger partial charge in [-0.05, 0) is 0 Å². The van der Waals surface area contributed by atoms with E-state index in [1.165, 1.54) is 0 Å². The van der Waals surface area contributed by atoms with E-state index in [4.69, 9.17) is 20.3 Å². The van der Waals surface area contributed by atoms with Gasteiger partial charge < -0.3 is 40.5 Å². The van der Waals surface area contributed by atoms with Gasteiger partial charge in [-0.2, -0.15) is 4.31 Å². The van der Waals surface area contributed by atoms with Crippen LogP contribution in [-0.4, -0.2) is 96.5 Å². The van der Waals surface area contributed by atoms with Gasteiger partial charge in [-0.3, -0.25) is 20.0 Å². The van der Waals surface area contributed by atoms with Crippen molar-refractivity contribution in [3.05, 3.63) is 0 Å². The van der Waals surface area contributed by atoms with Crippen molar-refractivity contribution in [3.8, 4) is 0 Å². The smallest absolute Gasteiger partial charge is 0.387 e.